The van der Waals surface area contributed by atoms with Gasteiger partial charge >= 0.3 is 0 Å². The Labute approximate surface area is 187 Å². The van der Waals surface area contributed by atoms with E-state index in [2.05, 4.69) is 52.7 Å². The zero-order chi connectivity index (χ0) is 19.9. The maximum Gasteiger partial charge on any atom is 0.191 e. The molecule has 8 heteroatoms. The number of likely N-dealkylation sites (N-methyl/N-ethyl adjacent to an activating group) is 1. The molecule has 0 bridgehead atoms. The highest BCUT2D eigenvalue weighted by Crippen LogP contribution is 2.20. The van der Waals surface area contributed by atoms with Gasteiger partial charge in [-0.15, -0.1) is 24.0 Å². The second-order valence-corrected chi connectivity index (χ2v) is 6.45. The van der Waals surface area contributed by atoms with Gasteiger partial charge in [-0.05, 0) is 25.6 Å². The fourth-order valence-corrected chi connectivity index (χ4v) is 2.45. The first-order valence-corrected chi connectivity index (χ1v) is 9.44. The van der Waals surface area contributed by atoms with E-state index in [0.717, 1.165) is 49.9 Å². The van der Waals surface area contributed by atoms with E-state index in [9.17, 15) is 0 Å². The Morgan fingerprint density at radius 1 is 1.07 bits per heavy atom. The number of ether oxygens (including phenoxy) is 3. The minimum absolute atomic E-state index is 0. The van der Waals surface area contributed by atoms with Gasteiger partial charge in [0.2, 0.25) is 0 Å². The first kappa shape index (κ1) is 26.9. The van der Waals surface area contributed by atoms with Crippen molar-refractivity contribution < 1.29 is 14.2 Å². The monoisotopic (exact) mass is 508 g/mol. The van der Waals surface area contributed by atoms with Crippen LogP contribution in [0, 0.1) is 6.92 Å². The van der Waals surface area contributed by atoms with Crippen LogP contribution in [-0.2, 0) is 16.0 Å². The maximum atomic E-state index is 5.94. The molecule has 1 aromatic rings. The summed E-state index contributed by atoms with van der Waals surface area (Å²) >= 11 is 0. The molecule has 2 N–H and O–H groups in total. The Morgan fingerprint density at radius 2 is 1.82 bits per heavy atom. The predicted molar refractivity (Wildman–Crippen MR) is 126 cm³/mol. The Morgan fingerprint density at radius 3 is 2.50 bits per heavy atom. The topological polar surface area (TPSA) is 67.4 Å². The predicted octanol–water partition coefficient (Wildman–Crippen LogP) is 2.27. The third kappa shape index (κ3) is 11.7. The highest BCUT2D eigenvalue weighted by molar-refractivity contribution is 14.0. The molecule has 0 atom stereocenters. The number of aliphatic imine (C=N–C) groups is 1. The van der Waals surface area contributed by atoms with Crippen molar-refractivity contribution in [3.8, 4) is 5.75 Å². The number of guanidine groups is 1. The van der Waals surface area contributed by atoms with E-state index in [1.54, 1.807) is 21.3 Å². The molecular formula is C20H37IN4O3. The van der Waals surface area contributed by atoms with Gasteiger partial charge in [0.05, 0.1) is 13.2 Å². The van der Waals surface area contributed by atoms with E-state index in [1.807, 2.05) is 0 Å². The number of hydrogen-bond acceptors (Lipinski definition) is 5. The van der Waals surface area contributed by atoms with Gasteiger partial charge in [0.25, 0.3) is 0 Å². The summed E-state index contributed by atoms with van der Waals surface area (Å²) in [5.41, 5.74) is 2.29. The van der Waals surface area contributed by atoms with E-state index in [4.69, 9.17) is 14.2 Å². The molecule has 0 unspecified atom stereocenters. The number of methoxy groups -OCH3 is 2. The molecule has 162 valence electrons. The summed E-state index contributed by atoms with van der Waals surface area (Å²) in [5.74, 6) is 1.69. The Balaban J connectivity index is 0.00000729. The van der Waals surface area contributed by atoms with E-state index < -0.39 is 0 Å². The van der Waals surface area contributed by atoms with Crippen molar-refractivity contribution in [1.29, 1.82) is 0 Å². The van der Waals surface area contributed by atoms with Crippen LogP contribution in [0.5, 0.6) is 5.75 Å². The standard InChI is InChI=1S/C20H36N4O3.HI/c1-17-7-8-18(19(15-17)27-13-6-12-25-4)16-23-20(21-2)22-9-10-24(3)11-14-26-5;/h7-8,15H,6,9-14,16H2,1-5H3,(H2,21,22,23);1H. The molecule has 0 fully saturated rings. The zero-order valence-electron chi connectivity index (χ0n) is 17.9. The molecule has 0 radical (unpaired) electrons. The average molecular weight is 508 g/mol. The summed E-state index contributed by atoms with van der Waals surface area (Å²) in [6, 6.07) is 6.27. The van der Waals surface area contributed by atoms with Crippen LogP contribution < -0.4 is 15.4 Å². The fourth-order valence-electron chi connectivity index (χ4n) is 2.45. The smallest absolute Gasteiger partial charge is 0.191 e. The molecule has 1 rings (SSSR count). The molecule has 0 aliphatic rings. The second-order valence-electron chi connectivity index (χ2n) is 6.45. The summed E-state index contributed by atoms with van der Waals surface area (Å²) in [5, 5.41) is 6.69. The quantitative estimate of drug-likeness (QED) is 0.185. The summed E-state index contributed by atoms with van der Waals surface area (Å²) < 4.78 is 16.1. The lowest BCUT2D eigenvalue weighted by Crippen LogP contribution is -2.41. The minimum Gasteiger partial charge on any atom is -0.493 e. The van der Waals surface area contributed by atoms with Crippen LogP contribution in [0.25, 0.3) is 0 Å². The van der Waals surface area contributed by atoms with E-state index in [-0.39, 0.29) is 24.0 Å². The molecule has 0 amide bonds. The maximum absolute atomic E-state index is 5.94. The number of nitrogens with zero attached hydrogens (tertiary/aromatic N) is 2. The summed E-state index contributed by atoms with van der Waals surface area (Å²) in [4.78, 5) is 6.51. The highest BCUT2D eigenvalue weighted by Gasteiger charge is 2.06. The van der Waals surface area contributed by atoms with Crippen LogP contribution >= 0.6 is 24.0 Å². The van der Waals surface area contributed by atoms with Crippen molar-refractivity contribution >= 4 is 29.9 Å². The van der Waals surface area contributed by atoms with Gasteiger partial charge in [-0.3, -0.25) is 4.99 Å². The summed E-state index contributed by atoms with van der Waals surface area (Å²) in [6.07, 6.45) is 0.872. The molecule has 1 aromatic carbocycles. The minimum atomic E-state index is 0. The number of halogens is 1. The lowest BCUT2D eigenvalue weighted by Gasteiger charge is -2.18. The van der Waals surface area contributed by atoms with Crippen LogP contribution in [0.15, 0.2) is 23.2 Å². The number of hydrogen-bond donors (Lipinski definition) is 2. The summed E-state index contributed by atoms with van der Waals surface area (Å²) in [6.45, 7) is 7.46. The Hall–Kier alpha value is -1.10. The largest absolute Gasteiger partial charge is 0.493 e. The molecule has 0 heterocycles. The van der Waals surface area contributed by atoms with Crippen molar-refractivity contribution in [1.82, 2.24) is 15.5 Å². The fraction of sp³-hybridized carbons (Fsp3) is 0.650. The first-order valence-electron chi connectivity index (χ1n) is 9.44. The average Bonchev–Trinajstić information content (AvgIpc) is 2.67. The molecular weight excluding hydrogens is 471 g/mol. The third-order valence-corrected chi connectivity index (χ3v) is 4.11. The van der Waals surface area contributed by atoms with Crippen molar-refractivity contribution in [3.05, 3.63) is 29.3 Å². The number of benzene rings is 1. The van der Waals surface area contributed by atoms with Crippen LogP contribution in [0.1, 0.15) is 17.5 Å². The van der Waals surface area contributed by atoms with Gasteiger partial charge < -0.3 is 29.7 Å². The second kappa shape index (κ2) is 16.8. The number of rotatable bonds is 13. The molecule has 0 saturated heterocycles. The molecule has 0 spiro atoms. The van der Waals surface area contributed by atoms with E-state index in [0.29, 0.717) is 19.8 Å². The Kier molecular flexibility index (Phi) is 16.2. The van der Waals surface area contributed by atoms with Crippen molar-refractivity contribution in [2.75, 3.05) is 67.8 Å². The van der Waals surface area contributed by atoms with Gasteiger partial charge in [0.15, 0.2) is 5.96 Å². The van der Waals surface area contributed by atoms with Crippen molar-refractivity contribution in [2.24, 2.45) is 4.99 Å². The van der Waals surface area contributed by atoms with Crippen LogP contribution in [0.3, 0.4) is 0 Å². The van der Waals surface area contributed by atoms with E-state index in [1.165, 1.54) is 5.56 Å². The van der Waals surface area contributed by atoms with Crippen molar-refractivity contribution in [3.63, 3.8) is 0 Å². The van der Waals surface area contributed by atoms with Gasteiger partial charge in [0.1, 0.15) is 5.75 Å². The number of nitrogens with one attached hydrogen (secondary N) is 2. The van der Waals surface area contributed by atoms with Gasteiger partial charge in [-0.2, -0.15) is 0 Å². The molecule has 28 heavy (non-hydrogen) atoms. The number of aryl methyl sites for hydroxylation is 1. The normalized spacial score (nSPS) is 11.3. The molecule has 0 aliphatic carbocycles. The van der Waals surface area contributed by atoms with Crippen molar-refractivity contribution in [2.45, 2.75) is 19.9 Å². The zero-order valence-corrected chi connectivity index (χ0v) is 20.2. The third-order valence-electron chi connectivity index (χ3n) is 4.11. The van der Waals surface area contributed by atoms with Gasteiger partial charge in [-0.25, -0.2) is 0 Å². The first-order chi connectivity index (χ1) is 13.1. The van der Waals surface area contributed by atoms with Gasteiger partial charge in [-0.1, -0.05) is 12.1 Å². The highest BCUT2D eigenvalue weighted by atomic mass is 127. The lowest BCUT2D eigenvalue weighted by atomic mass is 10.1. The van der Waals surface area contributed by atoms with Crippen LogP contribution in [0.4, 0.5) is 0 Å². The summed E-state index contributed by atoms with van der Waals surface area (Å²) in [7, 11) is 7.28. The molecule has 0 saturated carbocycles. The molecule has 0 aromatic heterocycles. The Bertz CT molecular complexity index is 558. The lowest BCUT2D eigenvalue weighted by molar-refractivity contribution is 0.162. The van der Waals surface area contributed by atoms with E-state index >= 15 is 0 Å². The molecule has 0 aliphatic heterocycles. The SMILES string of the molecule is CN=C(NCCN(C)CCOC)NCc1ccc(C)cc1OCCCOC.I. The van der Waals surface area contributed by atoms with Crippen LogP contribution in [0.2, 0.25) is 0 Å². The molecule has 7 nitrogen and oxygen atoms in total. The van der Waals surface area contributed by atoms with Crippen LogP contribution in [-0.4, -0.2) is 78.6 Å². The van der Waals surface area contributed by atoms with Gasteiger partial charge in [0, 0.05) is 66.0 Å².